The molecule has 0 saturated carbocycles. The number of rotatable bonds is 6. The van der Waals surface area contributed by atoms with E-state index in [0.717, 1.165) is 0 Å². The molecule has 1 aromatic rings. The summed E-state index contributed by atoms with van der Waals surface area (Å²) in [6.45, 7) is 1.60. The van der Waals surface area contributed by atoms with Gasteiger partial charge in [-0.25, -0.2) is 13.1 Å². The zero-order valence-electron chi connectivity index (χ0n) is 10.4. The van der Waals surface area contributed by atoms with Crippen LogP contribution in [0, 0.1) is 0 Å². The normalized spacial score (nSPS) is 15.2. The van der Waals surface area contributed by atoms with Crippen molar-refractivity contribution in [3.8, 4) is 0 Å². The number of aliphatic hydroxyl groups excluding tert-OH is 1. The number of thioether (sulfide) groups is 1. The van der Waals surface area contributed by atoms with Gasteiger partial charge < -0.3 is 5.11 Å². The van der Waals surface area contributed by atoms with E-state index in [1.807, 2.05) is 6.26 Å². The van der Waals surface area contributed by atoms with Crippen LogP contribution in [-0.4, -0.2) is 37.7 Å². The summed E-state index contributed by atoms with van der Waals surface area (Å²) in [5, 5.41) is 9.42. The molecule has 0 bridgehead atoms. The van der Waals surface area contributed by atoms with Crippen molar-refractivity contribution in [1.82, 2.24) is 4.72 Å². The molecule has 0 aliphatic rings. The summed E-state index contributed by atoms with van der Waals surface area (Å²) >= 11 is 12.9. The van der Waals surface area contributed by atoms with Gasteiger partial charge in [-0.2, -0.15) is 11.8 Å². The third-order valence-electron chi connectivity index (χ3n) is 2.58. The van der Waals surface area contributed by atoms with E-state index in [-0.39, 0.29) is 21.8 Å². The van der Waals surface area contributed by atoms with E-state index >= 15 is 0 Å². The minimum absolute atomic E-state index is 0.0477. The second kappa shape index (κ2) is 7.15. The number of halogens is 2. The SMILES string of the molecule is CSC(CO)C(C)NS(=O)(=O)c1ccc(Cl)c(Cl)c1. The van der Waals surface area contributed by atoms with E-state index in [1.165, 1.54) is 30.0 Å². The lowest BCUT2D eigenvalue weighted by molar-refractivity contribution is 0.282. The molecule has 0 heterocycles. The lowest BCUT2D eigenvalue weighted by Crippen LogP contribution is -2.41. The highest BCUT2D eigenvalue weighted by Crippen LogP contribution is 2.25. The first-order chi connectivity index (χ1) is 8.81. The Labute approximate surface area is 127 Å². The Hall–Kier alpha value is 0.0200. The number of nitrogens with one attached hydrogen (secondary N) is 1. The van der Waals surface area contributed by atoms with Crippen molar-refractivity contribution in [2.24, 2.45) is 0 Å². The Bertz CT molecular complexity index is 533. The largest absolute Gasteiger partial charge is 0.395 e. The topological polar surface area (TPSA) is 66.4 Å². The molecule has 2 N–H and O–H groups in total. The fourth-order valence-corrected chi connectivity index (χ4v) is 3.85. The Morgan fingerprint density at radius 3 is 2.47 bits per heavy atom. The van der Waals surface area contributed by atoms with Crippen molar-refractivity contribution in [2.75, 3.05) is 12.9 Å². The molecule has 0 amide bonds. The molecule has 0 aliphatic carbocycles. The van der Waals surface area contributed by atoms with Gasteiger partial charge in [0.2, 0.25) is 10.0 Å². The second-order valence-electron chi connectivity index (χ2n) is 3.94. The Balaban J connectivity index is 2.95. The molecule has 0 aliphatic heterocycles. The van der Waals surface area contributed by atoms with E-state index in [2.05, 4.69) is 4.72 Å². The zero-order chi connectivity index (χ0) is 14.6. The minimum atomic E-state index is -3.68. The third-order valence-corrected chi connectivity index (χ3v) is 6.04. The van der Waals surface area contributed by atoms with Gasteiger partial charge in [-0.3, -0.25) is 0 Å². The van der Waals surface area contributed by atoms with Crippen LogP contribution < -0.4 is 4.72 Å². The molecular weight excluding hydrogens is 329 g/mol. The first kappa shape index (κ1) is 17.1. The van der Waals surface area contributed by atoms with Crippen LogP contribution in [-0.2, 0) is 10.0 Å². The van der Waals surface area contributed by atoms with E-state index in [1.54, 1.807) is 6.92 Å². The average molecular weight is 344 g/mol. The summed E-state index contributed by atoms with van der Waals surface area (Å²) in [5.41, 5.74) is 0. The fraction of sp³-hybridized carbons (Fsp3) is 0.455. The Morgan fingerprint density at radius 1 is 1.37 bits per heavy atom. The maximum atomic E-state index is 12.1. The van der Waals surface area contributed by atoms with Crippen LogP contribution in [0.2, 0.25) is 10.0 Å². The number of sulfonamides is 1. The molecule has 2 unspecified atom stereocenters. The van der Waals surface area contributed by atoms with Crippen LogP contribution in [0.4, 0.5) is 0 Å². The van der Waals surface area contributed by atoms with Crippen LogP contribution in [0.1, 0.15) is 6.92 Å². The second-order valence-corrected chi connectivity index (χ2v) is 7.55. The fourth-order valence-electron chi connectivity index (χ4n) is 1.47. The van der Waals surface area contributed by atoms with Gasteiger partial charge in [0.15, 0.2) is 0 Å². The van der Waals surface area contributed by atoms with Crippen molar-refractivity contribution < 1.29 is 13.5 Å². The quantitative estimate of drug-likeness (QED) is 0.832. The summed E-state index contributed by atoms with van der Waals surface area (Å²) in [6.07, 6.45) is 1.81. The van der Waals surface area contributed by atoms with Crippen LogP contribution >= 0.6 is 35.0 Å². The predicted molar refractivity (Wildman–Crippen MR) is 80.6 cm³/mol. The first-order valence-electron chi connectivity index (χ1n) is 5.43. The molecular formula is C11H15Cl2NO3S2. The summed E-state index contributed by atoms with van der Waals surface area (Å²) in [7, 11) is -3.68. The van der Waals surface area contributed by atoms with E-state index in [0.29, 0.717) is 5.02 Å². The highest BCUT2D eigenvalue weighted by atomic mass is 35.5. The standard InChI is InChI=1S/C11H15Cl2NO3S2/c1-7(11(6-15)18-2)14-19(16,17)8-3-4-9(12)10(13)5-8/h3-5,7,11,14-15H,6H2,1-2H3. The molecule has 4 nitrogen and oxygen atoms in total. The molecule has 2 atom stereocenters. The number of aliphatic hydroxyl groups is 1. The molecule has 19 heavy (non-hydrogen) atoms. The molecule has 8 heteroatoms. The van der Waals surface area contributed by atoms with Crippen LogP contribution in [0.25, 0.3) is 0 Å². The van der Waals surface area contributed by atoms with E-state index < -0.39 is 16.1 Å². The molecule has 1 rings (SSSR count). The van der Waals surface area contributed by atoms with Gasteiger partial charge >= 0.3 is 0 Å². The lowest BCUT2D eigenvalue weighted by atomic mass is 10.3. The van der Waals surface area contributed by atoms with Gasteiger partial charge in [0.05, 0.1) is 21.5 Å². The van der Waals surface area contributed by atoms with Crippen molar-refractivity contribution in [1.29, 1.82) is 0 Å². The highest BCUT2D eigenvalue weighted by molar-refractivity contribution is 7.99. The smallest absolute Gasteiger partial charge is 0.240 e. The lowest BCUT2D eigenvalue weighted by Gasteiger charge is -2.21. The number of hydrogen-bond donors (Lipinski definition) is 2. The van der Waals surface area contributed by atoms with Gasteiger partial charge in [-0.1, -0.05) is 23.2 Å². The van der Waals surface area contributed by atoms with E-state index in [9.17, 15) is 8.42 Å². The maximum Gasteiger partial charge on any atom is 0.240 e. The molecule has 0 aromatic heterocycles. The predicted octanol–water partition coefficient (Wildman–Crippen LogP) is 2.38. The van der Waals surface area contributed by atoms with Crippen LogP contribution in [0.5, 0.6) is 0 Å². The number of benzene rings is 1. The average Bonchev–Trinajstić information content (AvgIpc) is 2.33. The maximum absolute atomic E-state index is 12.1. The van der Waals surface area contributed by atoms with Gasteiger partial charge in [0, 0.05) is 11.3 Å². The highest BCUT2D eigenvalue weighted by Gasteiger charge is 2.23. The van der Waals surface area contributed by atoms with Crippen LogP contribution in [0.3, 0.4) is 0 Å². The van der Waals surface area contributed by atoms with Gasteiger partial charge in [0.1, 0.15) is 0 Å². The minimum Gasteiger partial charge on any atom is -0.395 e. The molecule has 0 fully saturated rings. The Kier molecular flexibility index (Phi) is 6.42. The van der Waals surface area contributed by atoms with Crippen molar-refractivity contribution in [3.05, 3.63) is 28.2 Å². The monoisotopic (exact) mass is 343 g/mol. The van der Waals surface area contributed by atoms with E-state index in [4.69, 9.17) is 28.3 Å². The molecule has 0 saturated heterocycles. The summed E-state index contributed by atoms with van der Waals surface area (Å²) in [4.78, 5) is 0.0477. The van der Waals surface area contributed by atoms with Gasteiger partial charge in [-0.15, -0.1) is 0 Å². The molecule has 108 valence electrons. The molecule has 1 aromatic carbocycles. The summed E-state index contributed by atoms with van der Waals surface area (Å²) < 4.78 is 26.8. The zero-order valence-corrected chi connectivity index (χ0v) is 13.6. The number of hydrogen-bond acceptors (Lipinski definition) is 4. The van der Waals surface area contributed by atoms with Gasteiger partial charge in [0.25, 0.3) is 0 Å². The summed E-state index contributed by atoms with van der Waals surface area (Å²) in [5.74, 6) is 0. The third kappa shape index (κ3) is 4.51. The summed E-state index contributed by atoms with van der Waals surface area (Å²) in [6, 6.07) is 3.71. The molecule has 0 spiro atoms. The van der Waals surface area contributed by atoms with Crippen molar-refractivity contribution >= 4 is 45.0 Å². The Morgan fingerprint density at radius 2 is 2.00 bits per heavy atom. The molecule has 0 radical (unpaired) electrons. The van der Waals surface area contributed by atoms with Crippen molar-refractivity contribution in [2.45, 2.75) is 23.1 Å². The first-order valence-corrected chi connectivity index (χ1v) is 8.95. The van der Waals surface area contributed by atoms with Gasteiger partial charge in [-0.05, 0) is 31.4 Å². The van der Waals surface area contributed by atoms with Crippen molar-refractivity contribution in [3.63, 3.8) is 0 Å². The van der Waals surface area contributed by atoms with Crippen LogP contribution in [0.15, 0.2) is 23.1 Å².